The molecule has 4 heteroatoms. The van der Waals surface area contributed by atoms with Crippen LogP contribution in [0.4, 0.5) is 0 Å². The Balaban J connectivity index is 1.52. The third-order valence-corrected chi connectivity index (χ3v) is 5.25. The van der Waals surface area contributed by atoms with Gasteiger partial charge in [-0.15, -0.1) is 0 Å². The lowest BCUT2D eigenvalue weighted by molar-refractivity contribution is 0.0934. The lowest BCUT2D eigenvalue weighted by atomic mass is 10.0. The second kappa shape index (κ2) is 6.79. The number of hydrogen-bond donors (Lipinski definition) is 2. The van der Waals surface area contributed by atoms with Crippen LogP contribution in [0.1, 0.15) is 52.1 Å². The molecule has 1 heterocycles. The van der Waals surface area contributed by atoms with E-state index in [2.05, 4.69) is 33.7 Å². The van der Waals surface area contributed by atoms with Crippen LogP contribution in [0.15, 0.2) is 48.5 Å². The van der Waals surface area contributed by atoms with E-state index in [-0.39, 0.29) is 11.9 Å². The summed E-state index contributed by atoms with van der Waals surface area (Å²) < 4.78 is 0. The molecule has 1 unspecified atom stereocenters. The largest absolute Gasteiger partial charge is 0.344 e. The summed E-state index contributed by atoms with van der Waals surface area (Å²) in [7, 11) is 0. The van der Waals surface area contributed by atoms with Crippen molar-refractivity contribution in [2.45, 2.75) is 39.2 Å². The molecule has 0 saturated carbocycles. The van der Waals surface area contributed by atoms with Gasteiger partial charge in [-0.3, -0.25) is 9.89 Å². The first-order valence-electron chi connectivity index (χ1n) is 9.16. The molecule has 26 heavy (non-hydrogen) atoms. The molecule has 0 radical (unpaired) electrons. The first-order chi connectivity index (χ1) is 12.6. The maximum atomic E-state index is 12.7. The van der Waals surface area contributed by atoms with E-state index in [9.17, 15) is 4.79 Å². The van der Waals surface area contributed by atoms with Gasteiger partial charge in [0.15, 0.2) is 0 Å². The highest BCUT2D eigenvalue weighted by molar-refractivity contribution is 5.95. The van der Waals surface area contributed by atoms with Gasteiger partial charge in [-0.05, 0) is 49.8 Å². The number of H-pyrrole nitrogens is 1. The SMILES string of the molecule is Cc1c(-c2ccccc2)n[nH]c1C(=O)NC(C)c1ccc2c(c1)CCC2. The number of aromatic amines is 1. The maximum absolute atomic E-state index is 12.7. The van der Waals surface area contributed by atoms with E-state index in [0.717, 1.165) is 28.8 Å². The number of nitrogens with zero attached hydrogens (tertiary/aromatic N) is 1. The molecule has 0 spiro atoms. The summed E-state index contributed by atoms with van der Waals surface area (Å²) >= 11 is 0. The molecule has 132 valence electrons. The molecule has 0 fully saturated rings. The van der Waals surface area contributed by atoms with E-state index in [1.54, 1.807) is 0 Å². The fraction of sp³-hybridized carbons (Fsp3) is 0.273. The summed E-state index contributed by atoms with van der Waals surface area (Å²) in [6.07, 6.45) is 3.55. The van der Waals surface area contributed by atoms with Crippen molar-refractivity contribution < 1.29 is 4.79 Å². The molecule has 3 aromatic rings. The van der Waals surface area contributed by atoms with Crippen molar-refractivity contribution in [3.05, 3.63) is 76.5 Å². The van der Waals surface area contributed by atoms with Gasteiger partial charge in [-0.25, -0.2) is 0 Å². The number of amides is 1. The molecular formula is C22H23N3O. The van der Waals surface area contributed by atoms with Gasteiger partial charge in [0.1, 0.15) is 5.69 Å². The number of carbonyl (C=O) groups is 1. The van der Waals surface area contributed by atoms with Gasteiger partial charge in [0.25, 0.3) is 5.91 Å². The fourth-order valence-corrected chi connectivity index (χ4v) is 3.71. The van der Waals surface area contributed by atoms with Crippen LogP contribution in [0.2, 0.25) is 0 Å². The van der Waals surface area contributed by atoms with Crippen molar-refractivity contribution in [2.24, 2.45) is 0 Å². The Morgan fingerprint density at radius 2 is 1.88 bits per heavy atom. The zero-order valence-electron chi connectivity index (χ0n) is 15.2. The van der Waals surface area contributed by atoms with E-state index < -0.39 is 0 Å². The quantitative estimate of drug-likeness (QED) is 0.738. The average molecular weight is 345 g/mol. The number of fused-ring (bicyclic) bond motifs is 1. The summed E-state index contributed by atoms with van der Waals surface area (Å²) in [5.74, 6) is -0.120. The summed E-state index contributed by atoms with van der Waals surface area (Å²) in [4.78, 5) is 12.7. The third kappa shape index (κ3) is 3.03. The number of nitrogens with one attached hydrogen (secondary N) is 2. The summed E-state index contributed by atoms with van der Waals surface area (Å²) in [6.45, 7) is 3.96. The van der Waals surface area contributed by atoms with Crippen molar-refractivity contribution in [3.8, 4) is 11.3 Å². The zero-order valence-corrected chi connectivity index (χ0v) is 15.2. The fourth-order valence-electron chi connectivity index (χ4n) is 3.71. The van der Waals surface area contributed by atoms with Crippen LogP contribution in [0.25, 0.3) is 11.3 Å². The molecule has 4 rings (SSSR count). The Labute approximate surface area is 153 Å². The van der Waals surface area contributed by atoms with E-state index in [1.807, 2.05) is 44.2 Å². The molecule has 0 aliphatic heterocycles. The molecule has 2 aromatic carbocycles. The van der Waals surface area contributed by atoms with Crippen molar-refractivity contribution >= 4 is 5.91 Å². The lowest BCUT2D eigenvalue weighted by Gasteiger charge is -2.15. The number of aromatic nitrogens is 2. The van der Waals surface area contributed by atoms with Crippen molar-refractivity contribution in [2.75, 3.05) is 0 Å². The maximum Gasteiger partial charge on any atom is 0.270 e. The van der Waals surface area contributed by atoms with E-state index in [0.29, 0.717) is 5.69 Å². The summed E-state index contributed by atoms with van der Waals surface area (Å²) in [5.41, 5.74) is 7.25. The summed E-state index contributed by atoms with van der Waals surface area (Å²) in [6, 6.07) is 16.4. The second-order valence-corrected chi connectivity index (χ2v) is 7.02. The van der Waals surface area contributed by atoms with Crippen molar-refractivity contribution in [1.29, 1.82) is 0 Å². The smallest absolute Gasteiger partial charge is 0.270 e. The third-order valence-electron chi connectivity index (χ3n) is 5.25. The Kier molecular flexibility index (Phi) is 4.33. The van der Waals surface area contributed by atoms with Crippen LogP contribution in [-0.2, 0) is 12.8 Å². The van der Waals surface area contributed by atoms with Gasteiger partial charge in [-0.1, -0.05) is 48.5 Å². The van der Waals surface area contributed by atoms with Crippen LogP contribution < -0.4 is 5.32 Å². The number of rotatable bonds is 4. The van der Waals surface area contributed by atoms with Crippen molar-refractivity contribution in [1.82, 2.24) is 15.5 Å². The van der Waals surface area contributed by atoms with Crippen LogP contribution >= 0.6 is 0 Å². The number of aryl methyl sites for hydroxylation is 2. The molecule has 0 saturated heterocycles. The normalized spacial score (nSPS) is 14.1. The molecule has 4 nitrogen and oxygen atoms in total. The Hall–Kier alpha value is -2.88. The Bertz CT molecular complexity index is 943. The van der Waals surface area contributed by atoms with Gasteiger partial charge >= 0.3 is 0 Å². The topological polar surface area (TPSA) is 57.8 Å². The Morgan fingerprint density at radius 1 is 1.12 bits per heavy atom. The molecule has 1 atom stereocenters. The highest BCUT2D eigenvalue weighted by Gasteiger charge is 2.20. The average Bonchev–Trinajstić information content (AvgIpc) is 3.28. The first kappa shape index (κ1) is 16.6. The molecule has 1 aliphatic carbocycles. The van der Waals surface area contributed by atoms with E-state index in [4.69, 9.17) is 0 Å². The minimum absolute atomic E-state index is 0.0451. The second-order valence-electron chi connectivity index (χ2n) is 7.02. The molecular weight excluding hydrogens is 322 g/mol. The Morgan fingerprint density at radius 3 is 2.69 bits per heavy atom. The minimum atomic E-state index is -0.120. The molecule has 1 aromatic heterocycles. The van der Waals surface area contributed by atoms with Crippen LogP contribution in [0, 0.1) is 6.92 Å². The van der Waals surface area contributed by atoms with Gasteiger partial charge < -0.3 is 5.32 Å². The standard InChI is InChI=1S/C22H23N3O/c1-14-20(17-7-4-3-5-8-17)24-25-21(14)22(26)23-15(2)18-12-11-16-9-6-10-19(16)13-18/h3-5,7-8,11-13,15H,6,9-10H2,1-2H3,(H,23,26)(H,24,25). The summed E-state index contributed by atoms with van der Waals surface area (Å²) in [5, 5.41) is 10.4. The lowest BCUT2D eigenvalue weighted by Crippen LogP contribution is -2.27. The highest BCUT2D eigenvalue weighted by atomic mass is 16.2. The van der Waals surface area contributed by atoms with Gasteiger partial charge in [0, 0.05) is 11.1 Å². The van der Waals surface area contributed by atoms with Crippen molar-refractivity contribution in [3.63, 3.8) is 0 Å². The van der Waals surface area contributed by atoms with Crippen LogP contribution in [0.3, 0.4) is 0 Å². The monoisotopic (exact) mass is 345 g/mol. The van der Waals surface area contributed by atoms with Crippen LogP contribution in [0.5, 0.6) is 0 Å². The molecule has 0 bridgehead atoms. The number of carbonyl (C=O) groups excluding carboxylic acids is 1. The van der Waals surface area contributed by atoms with Crippen LogP contribution in [-0.4, -0.2) is 16.1 Å². The zero-order chi connectivity index (χ0) is 18.1. The first-order valence-corrected chi connectivity index (χ1v) is 9.16. The number of benzene rings is 2. The molecule has 2 N–H and O–H groups in total. The minimum Gasteiger partial charge on any atom is -0.344 e. The van der Waals surface area contributed by atoms with Gasteiger partial charge in [0.05, 0.1) is 11.7 Å². The van der Waals surface area contributed by atoms with E-state index >= 15 is 0 Å². The number of hydrogen-bond acceptors (Lipinski definition) is 2. The highest BCUT2D eigenvalue weighted by Crippen LogP contribution is 2.26. The molecule has 1 aliphatic rings. The predicted molar refractivity (Wildman–Crippen MR) is 103 cm³/mol. The van der Waals surface area contributed by atoms with E-state index in [1.165, 1.54) is 24.0 Å². The predicted octanol–water partition coefficient (Wildman–Crippen LogP) is 4.36. The molecule has 1 amide bonds. The van der Waals surface area contributed by atoms with Gasteiger partial charge in [0.2, 0.25) is 0 Å². The van der Waals surface area contributed by atoms with Gasteiger partial charge in [-0.2, -0.15) is 5.10 Å².